The molecular weight excluding hydrogens is 541 g/mol. The number of nitrogens with zero attached hydrogens (tertiary/aromatic N) is 4. The number of hydrogen-bond donors (Lipinski definition) is 1. The van der Waals surface area contributed by atoms with Gasteiger partial charge in [0.05, 0.1) is 39.9 Å². The van der Waals surface area contributed by atoms with Crippen molar-refractivity contribution in [3.8, 4) is 11.8 Å². The lowest BCUT2D eigenvalue weighted by molar-refractivity contribution is -0.385. The number of rotatable bonds is 3. The fourth-order valence-electron chi connectivity index (χ4n) is 5.04. The number of nitro groups is 1. The molecule has 5 rings (SSSR count). The molecule has 2 aromatic carbocycles. The summed E-state index contributed by atoms with van der Waals surface area (Å²) in [6.45, 7) is 8.37. The number of nitro benzene ring substituents is 1. The number of anilines is 2. The Morgan fingerprint density at radius 2 is 2.05 bits per heavy atom. The normalized spacial score (nSPS) is 19.6. The number of aromatic nitrogens is 2. The summed E-state index contributed by atoms with van der Waals surface area (Å²) < 4.78 is 25.6. The Bertz CT molecular complexity index is 1590. The van der Waals surface area contributed by atoms with Gasteiger partial charge in [0.1, 0.15) is 23.3 Å². The molecule has 0 bridgehead atoms. The van der Waals surface area contributed by atoms with E-state index in [1.54, 1.807) is 31.7 Å². The first-order valence-corrected chi connectivity index (χ1v) is 12.9. The van der Waals surface area contributed by atoms with Crippen LogP contribution in [-0.4, -0.2) is 56.8 Å². The molecule has 0 aliphatic carbocycles. The van der Waals surface area contributed by atoms with Crippen molar-refractivity contribution in [1.82, 2.24) is 14.9 Å². The van der Waals surface area contributed by atoms with Crippen LogP contribution in [0.3, 0.4) is 0 Å². The van der Waals surface area contributed by atoms with Crippen LogP contribution in [0, 0.1) is 33.2 Å². The molecular formula is C28H27ClFN5O5. The number of benzene rings is 2. The number of fused-ring (bicyclic) bond motifs is 1. The van der Waals surface area contributed by atoms with E-state index in [9.17, 15) is 19.3 Å². The SMILES string of the molecule is CC1(C#Cc2cc3ncnc(Nc4cccc(Cl)c4F)c3cc2[N+](=O)[O-])CN(C(=O)OC(C)(C)C)C2(COC2)C1. The standard InChI is InChI=1S/C28H27ClFN5O5/c1-26(2,3)40-25(36)34-13-27(4,12-28(34)14-39-15-28)9-8-17-10-21-18(11-22(17)35(37)38)24(32-16-31-21)33-20-7-5-6-19(29)23(20)30/h5-7,10-11,16H,12-15H2,1-4H3,(H,31,32,33). The van der Waals surface area contributed by atoms with Gasteiger partial charge in [-0.1, -0.05) is 29.5 Å². The number of hydrogen-bond acceptors (Lipinski definition) is 8. The van der Waals surface area contributed by atoms with Crippen molar-refractivity contribution < 1.29 is 23.6 Å². The smallest absolute Gasteiger partial charge is 0.410 e. The molecule has 2 aliphatic rings. The van der Waals surface area contributed by atoms with Crippen LogP contribution in [0.1, 0.15) is 39.7 Å². The van der Waals surface area contributed by atoms with Gasteiger partial charge < -0.3 is 14.8 Å². The predicted molar refractivity (Wildman–Crippen MR) is 147 cm³/mol. The van der Waals surface area contributed by atoms with Crippen LogP contribution in [0.25, 0.3) is 10.9 Å². The van der Waals surface area contributed by atoms with Crippen molar-refractivity contribution in [3.63, 3.8) is 0 Å². The zero-order valence-corrected chi connectivity index (χ0v) is 23.1. The molecule has 1 amide bonds. The summed E-state index contributed by atoms with van der Waals surface area (Å²) in [4.78, 5) is 34.6. The molecule has 208 valence electrons. The Balaban J connectivity index is 1.49. The molecule has 1 unspecified atom stereocenters. The Morgan fingerprint density at radius 3 is 2.70 bits per heavy atom. The van der Waals surface area contributed by atoms with Gasteiger partial charge in [0, 0.05) is 23.4 Å². The molecule has 40 heavy (non-hydrogen) atoms. The van der Waals surface area contributed by atoms with Gasteiger partial charge in [-0.3, -0.25) is 15.0 Å². The minimum absolute atomic E-state index is 0.0663. The first-order valence-electron chi connectivity index (χ1n) is 12.5. The van der Waals surface area contributed by atoms with Crippen molar-refractivity contribution in [2.24, 2.45) is 5.41 Å². The summed E-state index contributed by atoms with van der Waals surface area (Å²) in [5.74, 6) is 5.67. The van der Waals surface area contributed by atoms with Crippen LogP contribution in [0.2, 0.25) is 5.02 Å². The summed E-state index contributed by atoms with van der Waals surface area (Å²) in [6.07, 6.45) is 1.37. The minimum Gasteiger partial charge on any atom is -0.444 e. The van der Waals surface area contributed by atoms with E-state index in [1.165, 1.54) is 30.6 Å². The van der Waals surface area contributed by atoms with E-state index >= 15 is 0 Å². The molecule has 10 nitrogen and oxygen atoms in total. The van der Waals surface area contributed by atoms with E-state index in [4.69, 9.17) is 21.1 Å². The highest BCUT2D eigenvalue weighted by molar-refractivity contribution is 6.31. The lowest BCUT2D eigenvalue weighted by Gasteiger charge is -2.44. The van der Waals surface area contributed by atoms with Gasteiger partial charge in [0.15, 0.2) is 5.82 Å². The van der Waals surface area contributed by atoms with E-state index in [0.29, 0.717) is 37.1 Å². The Kier molecular flexibility index (Phi) is 6.80. The highest BCUT2D eigenvalue weighted by Crippen LogP contribution is 2.46. The lowest BCUT2D eigenvalue weighted by Crippen LogP contribution is -2.61. The summed E-state index contributed by atoms with van der Waals surface area (Å²) >= 11 is 5.88. The molecule has 0 radical (unpaired) electrons. The van der Waals surface area contributed by atoms with Crippen LogP contribution in [0.4, 0.5) is 26.4 Å². The van der Waals surface area contributed by atoms with Crippen LogP contribution in [0.15, 0.2) is 36.7 Å². The number of carbonyl (C=O) groups excluding carboxylic acids is 1. The molecule has 1 N–H and O–H groups in total. The third-order valence-corrected chi connectivity index (χ3v) is 7.10. The quantitative estimate of drug-likeness (QED) is 0.238. The Morgan fingerprint density at radius 1 is 1.30 bits per heavy atom. The monoisotopic (exact) mass is 567 g/mol. The largest absolute Gasteiger partial charge is 0.444 e. The summed E-state index contributed by atoms with van der Waals surface area (Å²) in [6, 6.07) is 7.28. The molecule has 2 saturated heterocycles. The van der Waals surface area contributed by atoms with Gasteiger partial charge in [-0.25, -0.2) is 19.2 Å². The van der Waals surface area contributed by atoms with Crippen molar-refractivity contribution in [1.29, 1.82) is 0 Å². The first kappa shape index (κ1) is 27.6. The molecule has 12 heteroatoms. The van der Waals surface area contributed by atoms with Crippen LogP contribution in [-0.2, 0) is 9.47 Å². The maximum Gasteiger partial charge on any atom is 0.410 e. The number of halogens is 2. The molecule has 1 atom stereocenters. The minimum atomic E-state index is -0.673. The number of nitrogens with one attached hydrogen (secondary N) is 1. The van der Waals surface area contributed by atoms with E-state index in [-0.39, 0.29) is 27.8 Å². The van der Waals surface area contributed by atoms with Crippen molar-refractivity contribution in [3.05, 3.63) is 63.2 Å². The molecule has 2 aliphatic heterocycles. The fourth-order valence-corrected chi connectivity index (χ4v) is 5.21. The second-order valence-electron chi connectivity index (χ2n) is 11.4. The van der Waals surface area contributed by atoms with Crippen LogP contribution in [0.5, 0.6) is 0 Å². The maximum absolute atomic E-state index is 14.5. The topological polar surface area (TPSA) is 120 Å². The third-order valence-electron chi connectivity index (χ3n) is 6.81. The molecule has 3 aromatic rings. The number of amides is 1. The Hall–Kier alpha value is -4.01. The number of ether oxygens (including phenoxy) is 2. The number of carbonyl (C=O) groups is 1. The van der Waals surface area contributed by atoms with Crippen molar-refractivity contribution >= 4 is 45.8 Å². The molecule has 3 heterocycles. The van der Waals surface area contributed by atoms with E-state index < -0.39 is 33.4 Å². The Labute approximate surface area is 235 Å². The summed E-state index contributed by atoms with van der Waals surface area (Å²) in [7, 11) is 0. The zero-order chi connectivity index (χ0) is 28.9. The second-order valence-corrected chi connectivity index (χ2v) is 11.8. The van der Waals surface area contributed by atoms with Gasteiger partial charge in [-0.15, -0.1) is 0 Å². The first-order chi connectivity index (χ1) is 18.8. The van der Waals surface area contributed by atoms with E-state index in [1.807, 2.05) is 6.92 Å². The zero-order valence-electron chi connectivity index (χ0n) is 22.4. The summed E-state index contributed by atoms with van der Waals surface area (Å²) in [5.41, 5.74) is -1.49. The predicted octanol–water partition coefficient (Wildman–Crippen LogP) is 5.84. The summed E-state index contributed by atoms with van der Waals surface area (Å²) in [5, 5.41) is 15.1. The number of likely N-dealkylation sites (tertiary alicyclic amines) is 1. The lowest BCUT2D eigenvalue weighted by atomic mass is 9.81. The molecule has 0 saturated carbocycles. The van der Waals surface area contributed by atoms with E-state index in [0.717, 1.165) is 0 Å². The molecule has 2 fully saturated rings. The van der Waals surface area contributed by atoms with Gasteiger partial charge in [0.2, 0.25) is 0 Å². The third kappa shape index (κ3) is 5.24. The van der Waals surface area contributed by atoms with Gasteiger partial charge in [-0.05, 0) is 52.3 Å². The van der Waals surface area contributed by atoms with Crippen LogP contribution >= 0.6 is 11.6 Å². The van der Waals surface area contributed by atoms with Crippen molar-refractivity contribution in [2.45, 2.75) is 45.3 Å². The van der Waals surface area contributed by atoms with Crippen LogP contribution < -0.4 is 5.32 Å². The average Bonchev–Trinajstić information content (AvgIpc) is 3.19. The van der Waals surface area contributed by atoms with Gasteiger partial charge >= 0.3 is 6.09 Å². The highest BCUT2D eigenvalue weighted by Gasteiger charge is 2.58. The van der Waals surface area contributed by atoms with Gasteiger partial charge in [0.25, 0.3) is 5.69 Å². The molecule has 1 aromatic heterocycles. The maximum atomic E-state index is 14.5. The second kappa shape index (κ2) is 9.87. The van der Waals surface area contributed by atoms with E-state index in [2.05, 4.69) is 27.1 Å². The van der Waals surface area contributed by atoms with Gasteiger partial charge in [-0.2, -0.15) is 0 Å². The highest BCUT2D eigenvalue weighted by atomic mass is 35.5. The fraction of sp³-hybridized carbons (Fsp3) is 0.393. The molecule has 1 spiro atoms. The average molecular weight is 568 g/mol. The van der Waals surface area contributed by atoms with Crippen molar-refractivity contribution in [2.75, 3.05) is 25.1 Å².